The fourth-order valence-corrected chi connectivity index (χ4v) is 5.38. The summed E-state index contributed by atoms with van der Waals surface area (Å²) in [6.45, 7) is 1.92. The number of carbonyl (C=O) groups is 1. The summed E-state index contributed by atoms with van der Waals surface area (Å²) in [5, 5.41) is 0.974. The average Bonchev–Trinajstić information content (AvgIpc) is 3.38. The van der Waals surface area contributed by atoms with Gasteiger partial charge in [0.2, 0.25) is 5.76 Å². The van der Waals surface area contributed by atoms with E-state index in [-0.39, 0.29) is 17.1 Å². The monoisotopic (exact) mass is 454 g/mol. The molecule has 1 amide bonds. The van der Waals surface area contributed by atoms with Crippen molar-refractivity contribution in [1.29, 1.82) is 0 Å². The molecule has 6 rings (SSSR count). The summed E-state index contributed by atoms with van der Waals surface area (Å²) in [4.78, 5) is 33.6. The Kier molecular flexibility index (Phi) is 4.35. The molecule has 5 aromatic rings. The first-order valence-electron chi connectivity index (χ1n) is 10.5. The van der Waals surface area contributed by atoms with Gasteiger partial charge in [-0.3, -0.25) is 14.5 Å². The summed E-state index contributed by atoms with van der Waals surface area (Å²) >= 11 is 1.38. The van der Waals surface area contributed by atoms with Crippen LogP contribution in [0.5, 0.6) is 5.75 Å². The van der Waals surface area contributed by atoms with Crippen molar-refractivity contribution in [2.45, 2.75) is 13.0 Å². The summed E-state index contributed by atoms with van der Waals surface area (Å²) < 4.78 is 12.3. The predicted molar refractivity (Wildman–Crippen MR) is 128 cm³/mol. The minimum atomic E-state index is -0.627. The highest BCUT2D eigenvalue weighted by Crippen LogP contribution is 2.43. The third kappa shape index (κ3) is 2.97. The first-order valence-corrected chi connectivity index (χ1v) is 11.3. The second-order valence-corrected chi connectivity index (χ2v) is 9.00. The van der Waals surface area contributed by atoms with E-state index < -0.39 is 6.04 Å². The maximum Gasteiger partial charge on any atom is 0.297 e. The van der Waals surface area contributed by atoms with Crippen molar-refractivity contribution in [3.05, 3.63) is 99.4 Å². The lowest BCUT2D eigenvalue weighted by Gasteiger charge is -2.22. The zero-order valence-electron chi connectivity index (χ0n) is 17.9. The molecule has 1 atom stereocenters. The van der Waals surface area contributed by atoms with Crippen molar-refractivity contribution in [3.63, 3.8) is 0 Å². The maximum atomic E-state index is 13.7. The highest BCUT2D eigenvalue weighted by atomic mass is 32.1. The molecular formula is C26H18N2O4S. The number of carbonyl (C=O) groups excluding carboxylic acids is 1. The summed E-state index contributed by atoms with van der Waals surface area (Å²) in [5.41, 5.74) is 3.09. The molecule has 0 aliphatic carbocycles. The number of nitrogens with zero attached hydrogens (tertiary/aromatic N) is 2. The predicted octanol–water partition coefficient (Wildman–Crippen LogP) is 5.47. The molecule has 0 saturated carbocycles. The van der Waals surface area contributed by atoms with Crippen LogP contribution in [0.3, 0.4) is 0 Å². The molecule has 6 nitrogen and oxygen atoms in total. The number of rotatable bonds is 3. The number of benzene rings is 3. The van der Waals surface area contributed by atoms with Crippen molar-refractivity contribution in [2.24, 2.45) is 0 Å². The van der Waals surface area contributed by atoms with Gasteiger partial charge < -0.3 is 9.15 Å². The normalized spacial score (nSPS) is 15.4. The van der Waals surface area contributed by atoms with Crippen molar-refractivity contribution >= 4 is 43.6 Å². The van der Waals surface area contributed by atoms with Crippen LogP contribution in [0.15, 0.2) is 75.9 Å². The Morgan fingerprint density at radius 1 is 1.03 bits per heavy atom. The number of fused-ring (bicyclic) bond motifs is 3. The van der Waals surface area contributed by atoms with Crippen molar-refractivity contribution in [2.75, 3.05) is 12.0 Å². The highest BCUT2D eigenvalue weighted by Gasteiger charge is 2.44. The molecule has 0 radical (unpaired) electrons. The van der Waals surface area contributed by atoms with E-state index in [2.05, 4.69) is 0 Å². The number of aryl methyl sites for hydroxylation is 1. The molecule has 0 unspecified atom stereocenters. The smallest absolute Gasteiger partial charge is 0.297 e. The number of hydrogen-bond acceptors (Lipinski definition) is 6. The Balaban J connectivity index is 1.62. The minimum Gasteiger partial charge on any atom is -0.497 e. The van der Waals surface area contributed by atoms with E-state index >= 15 is 0 Å². The van der Waals surface area contributed by atoms with Gasteiger partial charge in [-0.05, 0) is 42.8 Å². The van der Waals surface area contributed by atoms with Gasteiger partial charge in [-0.25, -0.2) is 4.98 Å². The van der Waals surface area contributed by atoms with Crippen LogP contribution in [-0.4, -0.2) is 18.0 Å². The largest absolute Gasteiger partial charge is 0.497 e. The molecule has 7 heteroatoms. The van der Waals surface area contributed by atoms with Crippen LogP contribution in [0.2, 0.25) is 0 Å². The van der Waals surface area contributed by atoms with Crippen LogP contribution in [0.4, 0.5) is 5.13 Å². The van der Waals surface area contributed by atoms with E-state index in [4.69, 9.17) is 14.1 Å². The molecule has 2 aromatic heterocycles. The second-order valence-electron chi connectivity index (χ2n) is 7.99. The van der Waals surface area contributed by atoms with E-state index in [1.54, 1.807) is 24.1 Å². The molecule has 3 heterocycles. The van der Waals surface area contributed by atoms with Crippen LogP contribution in [0, 0.1) is 6.92 Å². The summed E-state index contributed by atoms with van der Waals surface area (Å²) in [6.07, 6.45) is 0. The number of methoxy groups -OCH3 is 1. The molecule has 0 fully saturated rings. The molecule has 0 bridgehead atoms. The van der Waals surface area contributed by atoms with Crippen molar-refractivity contribution < 1.29 is 13.9 Å². The number of amides is 1. The molecule has 0 N–H and O–H groups in total. The first-order chi connectivity index (χ1) is 16.0. The third-order valence-corrected chi connectivity index (χ3v) is 6.95. The zero-order valence-corrected chi connectivity index (χ0v) is 18.7. The van der Waals surface area contributed by atoms with Crippen LogP contribution in [-0.2, 0) is 0 Å². The standard InChI is InChI=1S/C26H18N2O4S/c1-14-8-11-19-17(12-14)23(29)21-22(15-6-4-3-5-7-15)28(25(30)24(21)32-19)26-27-18-10-9-16(31-2)13-20(18)33-26/h3-13,22H,1-2H3/t22-/m0/s1. The lowest BCUT2D eigenvalue weighted by Crippen LogP contribution is -2.29. The highest BCUT2D eigenvalue weighted by molar-refractivity contribution is 7.22. The molecule has 3 aromatic carbocycles. The Morgan fingerprint density at radius 2 is 1.85 bits per heavy atom. The minimum absolute atomic E-state index is 0.0713. The molecular weight excluding hydrogens is 436 g/mol. The topological polar surface area (TPSA) is 72.6 Å². The quantitative estimate of drug-likeness (QED) is 0.361. The van der Waals surface area contributed by atoms with E-state index in [0.717, 1.165) is 21.3 Å². The molecule has 33 heavy (non-hydrogen) atoms. The van der Waals surface area contributed by atoms with Gasteiger partial charge >= 0.3 is 0 Å². The lowest BCUT2D eigenvalue weighted by molar-refractivity contribution is 0.0971. The van der Waals surface area contributed by atoms with Gasteiger partial charge in [0.15, 0.2) is 10.6 Å². The third-order valence-electron chi connectivity index (χ3n) is 5.93. The molecule has 1 aliphatic heterocycles. The Labute approximate surface area is 192 Å². The fourth-order valence-electron chi connectivity index (χ4n) is 4.36. The number of hydrogen-bond donors (Lipinski definition) is 0. The second kappa shape index (κ2) is 7.28. The van der Waals surface area contributed by atoms with Crippen molar-refractivity contribution in [1.82, 2.24) is 4.98 Å². The van der Waals surface area contributed by atoms with Gasteiger partial charge in [0.1, 0.15) is 11.3 Å². The van der Waals surface area contributed by atoms with Crippen LogP contribution in [0.1, 0.15) is 33.3 Å². The fraction of sp³-hybridized carbons (Fsp3) is 0.115. The van der Waals surface area contributed by atoms with E-state index in [1.807, 2.05) is 61.5 Å². The summed E-state index contributed by atoms with van der Waals surface area (Å²) in [7, 11) is 1.61. The summed E-state index contributed by atoms with van der Waals surface area (Å²) in [5.74, 6) is 0.415. The number of anilines is 1. The van der Waals surface area contributed by atoms with E-state index in [9.17, 15) is 9.59 Å². The van der Waals surface area contributed by atoms with Gasteiger partial charge in [-0.1, -0.05) is 53.3 Å². The molecule has 0 saturated heterocycles. The SMILES string of the molecule is COc1ccc2nc(N3C(=O)c4oc5ccc(C)cc5c(=O)c4[C@@H]3c3ccccc3)sc2c1. The Bertz CT molecular complexity index is 1620. The maximum absolute atomic E-state index is 13.7. The van der Waals surface area contributed by atoms with Gasteiger partial charge in [0.25, 0.3) is 5.91 Å². The number of thiazole rings is 1. The molecule has 0 spiro atoms. The Hall–Kier alpha value is -3.97. The molecule has 162 valence electrons. The van der Waals surface area contributed by atoms with E-state index in [0.29, 0.717) is 27.4 Å². The molecule has 1 aliphatic rings. The lowest BCUT2D eigenvalue weighted by atomic mass is 9.98. The van der Waals surface area contributed by atoms with Crippen LogP contribution < -0.4 is 15.1 Å². The van der Waals surface area contributed by atoms with Gasteiger partial charge in [0.05, 0.1) is 34.3 Å². The van der Waals surface area contributed by atoms with Crippen LogP contribution >= 0.6 is 11.3 Å². The van der Waals surface area contributed by atoms with Gasteiger partial charge in [-0.15, -0.1) is 0 Å². The Morgan fingerprint density at radius 3 is 2.64 bits per heavy atom. The van der Waals surface area contributed by atoms with Gasteiger partial charge in [-0.2, -0.15) is 0 Å². The first kappa shape index (κ1) is 19.7. The number of aromatic nitrogens is 1. The number of ether oxygens (including phenoxy) is 1. The average molecular weight is 455 g/mol. The van der Waals surface area contributed by atoms with Crippen LogP contribution in [0.25, 0.3) is 21.2 Å². The zero-order chi connectivity index (χ0) is 22.7. The van der Waals surface area contributed by atoms with Gasteiger partial charge in [0, 0.05) is 0 Å². The van der Waals surface area contributed by atoms with Crippen molar-refractivity contribution in [3.8, 4) is 5.75 Å². The summed E-state index contributed by atoms with van der Waals surface area (Å²) in [6, 6.07) is 19.9. The van der Waals surface area contributed by atoms with E-state index in [1.165, 1.54) is 11.3 Å².